The highest BCUT2D eigenvalue weighted by molar-refractivity contribution is 5.85. The number of piperazine rings is 1. The fraction of sp³-hybridized carbons (Fsp3) is 0.360. The van der Waals surface area contributed by atoms with Crippen LogP contribution in [0.1, 0.15) is 18.9 Å². The predicted octanol–water partition coefficient (Wildman–Crippen LogP) is 5.29. The first-order chi connectivity index (χ1) is 14.2. The van der Waals surface area contributed by atoms with Gasteiger partial charge in [-0.1, -0.05) is 48.6 Å². The van der Waals surface area contributed by atoms with Gasteiger partial charge in [0.1, 0.15) is 18.1 Å². The van der Waals surface area contributed by atoms with Crippen LogP contribution >= 0.6 is 24.8 Å². The fourth-order valence-electron chi connectivity index (χ4n) is 4.08. The number of ether oxygens (including phenoxy) is 2. The molecule has 168 valence electrons. The maximum absolute atomic E-state index is 5.97. The molecule has 2 aromatic rings. The Balaban J connectivity index is 0.00000171. The molecule has 0 saturated carbocycles. The van der Waals surface area contributed by atoms with Crippen LogP contribution < -0.4 is 9.47 Å². The Morgan fingerprint density at radius 2 is 1.81 bits per heavy atom. The number of nitrogens with zero attached hydrogens (tertiary/aromatic N) is 2. The second-order valence-corrected chi connectivity index (χ2v) is 7.82. The molecule has 1 atom stereocenters. The van der Waals surface area contributed by atoms with Crippen molar-refractivity contribution in [2.24, 2.45) is 0 Å². The molecule has 1 saturated heterocycles. The molecule has 0 N–H and O–H groups in total. The van der Waals surface area contributed by atoms with Gasteiger partial charge in [-0.25, -0.2) is 0 Å². The SMILES string of the molecule is C=C(C)C1CN(C2=Cc3ccccc3OC2)CCN1CCCOc1ccccc1.Cl.Cl. The van der Waals surface area contributed by atoms with Crippen molar-refractivity contribution < 1.29 is 9.47 Å². The van der Waals surface area contributed by atoms with E-state index in [9.17, 15) is 0 Å². The van der Waals surface area contributed by atoms with Crippen LogP contribution in [-0.4, -0.2) is 55.2 Å². The molecule has 0 aromatic heterocycles. The summed E-state index contributed by atoms with van der Waals surface area (Å²) in [7, 11) is 0. The lowest BCUT2D eigenvalue weighted by Crippen LogP contribution is -2.53. The van der Waals surface area contributed by atoms with E-state index in [4.69, 9.17) is 9.47 Å². The summed E-state index contributed by atoms with van der Waals surface area (Å²) in [6.45, 7) is 11.8. The van der Waals surface area contributed by atoms with Crippen LogP contribution in [0.3, 0.4) is 0 Å². The van der Waals surface area contributed by atoms with E-state index in [2.05, 4.69) is 41.5 Å². The molecule has 0 radical (unpaired) electrons. The summed E-state index contributed by atoms with van der Waals surface area (Å²) in [6.07, 6.45) is 3.29. The number of rotatable bonds is 7. The molecular formula is C25H32Cl2N2O2. The molecule has 2 aliphatic heterocycles. The van der Waals surface area contributed by atoms with Crippen LogP contribution in [0.25, 0.3) is 6.08 Å². The van der Waals surface area contributed by atoms with E-state index in [0.29, 0.717) is 12.6 Å². The first kappa shape index (κ1) is 25.1. The lowest BCUT2D eigenvalue weighted by molar-refractivity contribution is 0.100. The van der Waals surface area contributed by atoms with Gasteiger partial charge in [-0.05, 0) is 37.6 Å². The standard InChI is InChI=1S/C25H30N2O2.2ClH/c1-20(2)24-18-27(22-17-21-9-6-7-12-25(21)29-19-22)15-14-26(24)13-8-16-28-23-10-4-3-5-11-23;;/h3-7,9-12,17,24H,1,8,13-16,18-19H2,2H3;2*1H. The number of para-hydroxylation sites is 2. The van der Waals surface area contributed by atoms with Gasteiger partial charge in [0.2, 0.25) is 0 Å². The van der Waals surface area contributed by atoms with E-state index in [-0.39, 0.29) is 24.8 Å². The van der Waals surface area contributed by atoms with Crippen LogP contribution in [0.2, 0.25) is 0 Å². The Labute approximate surface area is 198 Å². The van der Waals surface area contributed by atoms with Gasteiger partial charge in [-0.15, -0.1) is 24.8 Å². The molecule has 2 aromatic carbocycles. The van der Waals surface area contributed by atoms with Gasteiger partial charge < -0.3 is 14.4 Å². The molecule has 4 rings (SSSR count). The van der Waals surface area contributed by atoms with Crippen molar-refractivity contribution in [3.05, 3.63) is 78.0 Å². The van der Waals surface area contributed by atoms with Crippen molar-refractivity contribution in [1.82, 2.24) is 9.80 Å². The van der Waals surface area contributed by atoms with Gasteiger partial charge in [-0.2, -0.15) is 0 Å². The summed E-state index contributed by atoms with van der Waals surface area (Å²) in [5.74, 6) is 1.92. The van der Waals surface area contributed by atoms with Gasteiger partial charge in [0.25, 0.3) is 0 Å². The van der Waals surface area contributed by atoms with Crippen LogP contribution in [0.5, 0.6) is 11.5 Å². The highest BCUT2D eigenvalue weighted by atomic mass is 35.5. The van der Waals surface area contributed by atoms with Gasteiger partial charge >= 0.3 is 0 Å². The van der Waals surface area contributed by atoms with Crippen LogP contribution in [0.15, 0.2) is 72.4 Å². The molecule has 31 heavy (non-hydrogen) atoms. The first-order valence-electron chi connectivity index (χ1n) is 10.5. The molecular weight excluding hydrogens is 431 g/mol. The Kier molecular flexibility index (Phi) is 9.76. The molecule has 0 aliphatic carbocycles. The van der Waals surface area contributed by atoms with Crippen LogP contribution in [-0.2, 0) is 0 Å². The van der Waals surface area contributed by atoms with E-state index in [1.165, 1.54) is 16.8 Å². The van der Waals surface area contributed by atoms with Crippen LogP contribution in [0, 0.1) is 0 Å². The monoisotopic (exact) mass is 462 g/mol. The lowest BCUT2D eigenvalue weighted by atomic mass is 10.0. The number of benzene rings is 2. The molecule has 4 nitrogen and oxygen atoms in total. The summed E-state index contributed by atoms with van der Waals surface area (Å²) < 4.78 is 11.8. The molecule has 6 heteroatoms. The number of hydrogen-bond acceptors (Lipinski definition) is 4. The van der Waals surface area contributed by atoms with Crippen molar-refractivity contribution in [1.29, 1.82) is 0 Å². The molecule has 1 unspecified atom stereocenters. The Bertz CT molecular complexity index is 873. The zero-order valence-corrected chi connectivity index (χ0v) is 19.7. The molecule has 0 bridgehead atoms. The van der Waals surface area contributed by atoms with Gasteiger partial charge in [0.15, 0.2) is 0 Å². The quantitative estimate of drug-likeness (QED) is 0.411. The van der Waals surface area contributed by atoms with Crippen molar-refractivity contribution >= 4 is 30.9 Å². The van der Waals surface area contributed by atoms with E-state index in [1.54, 1.807) is 0 Å². The summed E-state index contributed by atoms with van der Waals surface area (Å²) in [5, 5.41) is 0. The lowest BCUT2D eigenvalue weighted by Gasteiger charge is -2.44. The van der Waals surface area contributed by atoms with E-state index >= 15 is 0 Å². The molecule has 2 aliphatic rings. The minimum Gasteiger partial charge on any atom is -0.494 e. The van der Waals surface area contributed by atoms with E-state index < -0.39 is 0 Å². The van der Waals surface area contributed by atoms with Crippen molar-refractivity contribution in [3.8, 4) is 11.5 Å². The summed E-state index contributed by atoms with van der Waals surface area (Å²) >= 11 is 0. The van der Waals surface area contributed by atoms with Crippen molar-refractivity contribution in [3.63, 3.8) is 0 Å². The molecule has 0 spiro atoms. The van der Waals surface area contributed by atoms with Gasteiger partial charge in [0.05, 0.1) is 12.3 Å². The molecule has 0 amide bonds. The largest absolute Gasteiger partial charge is 0.494 e. The fourth-order valence-corrected chi connectivity index (χ4v) is 4.08. The Morgan fingerprint density at radius 3 is 2.58 bits per heavy atom. The minimum atomic E-state index is 0. The predicted molar refractivity (Wildman–Crippen MR) is 133 cm³/mol. The summed E-state index contributed by atoms with van der Waals surface area (Å²) in [5.41, 5.74) is 3.65. The second-order valence-electron chi connectivity index (χ2n) is 7.82. The number of hydrogen-bond donors (Lipinski definition) is 0. The maximum Gasteiger partial charge on any atom is 0.128 e. The van der Waals surface area contributed by atoms with Crippen LogP contribution in [0.4, 0.5) is 0 Å². The van der Waals surface area contributed by atoms with E-state index in [1.807, 2.05) is 42.5 Å². The topological polar surface area (TPSA) is 24.9 Å². The Hall–Kier alpha value is -2.14. The third-order valence-electron chi connectivity index (χ3n) is 5.68. The van der Waals surface area contributed by atoms with E-state index in [0.717, 1.165) is 50.7 Å². The normalized spacial score (nSPS) is 17.9. The molecule has 2 heterocycles. The smallest absolute Gasteiger partial charge is 0.128 e. The highest BCUT2D eigenvalue weighted by Gasteiger charge is 2.29. The average molecular weight is 463 g/mol. The van der Waals surface area contributed by atoms with Gasteiger partial charge in [0, 0.05) is 37.8 Å². The minimum absolute atomic E-state index is 0. The molecule has 1 fully saturated rings. The Morgan fingerprint density at radius 1 is 1.06 bits per heavy atom. The first-order valence-corrected chi connectivity index (χ1v) is 10.5. The second kappa shape index (κ2) is 12.0. The average Bonchev–Trinajstić information content (AvgIpc) is 2.77. The van der Waals surface area contributed by atoms with Crippen molar-refractivity contribution in [2.75, 3.05) is 39.4 Å². The highest BCUT2D eigenvalue weighted by Crippen LogP contribution is 2.29. The van der Waals surface area contributed by atoms with Crippen molar-refractivity contribution in [2.45, 2.75) is 19.4 Å². The summed E-state index contributed by atoms with van der Waals surface area (Å²) in [6, 6.07) is 18.6. The zero-order chi connectivity index (χ0) is 20.1. The van der Waals surface area contributed by atoms with Gasteiger partial charge in [-0.3, -0.25) is 4.90 Å². The third kappa shape index (κ3) is 6.42. The third-order valence-corrected chi connectivity index (χ3v) is 5.68. The number of halogens is 2. The number of fused-ring (bicyclic) bond motifs is 1. The zero-order valence-electron chi connectivity index (χ0n) is 18.0. The maximum atomic E-state index is 5.97. The summed E-state index contributed by atoms with van der Waals surface area (Å²) in [4.78, 5) is 5.01.